The number of rotatable bonds is 6. The Morgan fingerprint density at radius 2 is 1.42 bits per heavy atom. The van der Waals surface area contributed by atoms with Crippen molar-refractivity contribution >= 4 is 0 Å². The molecule has 0 spiro atoms. The molecule has 0 aliphatic rings. The Kier molecular flexibility index (Phi) is 4.99. The Morgan fingerprint density at radius 1 is 0.789 bits per heavy atom. The van der Waals surface area contributed by atoms with E-state index in [4.69, 9.17) is 5.11 Å². The van der Waals surface area contributed by atoms with Crippen molar-refractivity contribution in [2.24, 2.45) is 0 Å². The SMILES string of the molecule is OCCCCC(c1ccccc1)c1ccc(O)cc1. The molecular weight excluding hydrogens is 236 g/mol. The molecule has 19 heavy (non-hydrogen) atoms. The summed E-state index contributed by atoms with van der Waals surface area (Å²) in [7, 11) is 0. The number of aliphatic hydroxyl groups excluding tert-OH is 1. The van der Waals surface area contributed by atoms with Crippen LogP contribution in [0.25, 0.3) is 0 Å². The Labute approximate surface area is 114 Å². The third-order valence-corrected chi connectivity index (χ3v) is 3.40. The minimum Gasteiger partial charge on any atom is -0.508 e. The number of aliphatic hydroxyl groups is 1. The zero-order valence-corrected chi connectivity index (χ0v) is 11.0. The van der Waals surface area contributed by atoms with Crippen LogP contribution in [0, 0.1) is 0 Å². The average Bonchev–Trinajstić information content (AvgIpc) is 2.46. The normalized spacial score (nSPS) is 12.3. The summed E-state index contributed by atoms with van der Waals surface area (Å²) in [6.45, 7) is 0.247. The van der Waals surface area contributed by atoms with Crippen molar-refractivity contribution in [3.05, 3.63) is 65.7 Å². The van der Waals surface area contributed by atoms with E-state index in [2.05, 4.69) is 24.3 Å². The number of phenols is 1. The fourth-order valence-electron chi connectivity index (χ4n) is 2.38. The van der Waals surface area contributed by atoms with E-state index < -0.39 is 0 Å². The van der Waals surface area contributed by atoms with Gasteiger partial charge in [-0.2, -0.15) is 0 Å². The summed E-state index contributed by atoms with van der Waals surface area (Å²) >= 11 is 0. The van der Waals surface area contributed by atoms with Gasteiger partial charge < -0.3 is 10.2 Å². The summed E-state index contributed by atoms with van der Waals surface area (Å²) in [5, 5.41) is 18.3. The number of hydrogen-bond donors (Lipinski definition) is 2. The van der Waals surface area contributed by atoms with Crippen LogP contribution in [0.1, 0.15) is 36.3 Å². The highest BCUT2D eigenvalue weighted by Gasteiger charge is 2.13. The van der Waals surface area contributed by atoms with Crippen molar-refractivity contribution in [2.75, 3.05) is 6.61 Å². The van der Waals surface area contributed by atoms with Crippen LogP contribution in [0.5, 0.6) is 5.75 Å². The topological polar surface area (TPSA) is 40.5 Å². The van der Waals surface area contributed by atoms with E-state index in [1.54, 1.807) is 12.1 Å². The molecule has 0 saturated carbocycles. The number of hydrogen-bond acceptors (Lipinski definition) is 2. The average molecular weight is 256 g/mol. The molecule has 2 nitrogen and oxygen atoms in total. The fraction of sp³-hybridized carbons (Fsp3) is 0.294. The highest BCUT2D eigenvalue weighted by Crippen LogP contribution is 2.30. The molecule has 0 aliphatic carbocycles. The molecule has 2 heteroatoms. The second-order valence-electron chi connectivity index (χ2n) is 4.77. The van der Waals surface area contributed by atoms with E-state index in [-0.39, 0.29) is 6.61 Å². The van der Waals surface area contributed by atoms with Crippen LogP contribution in [0.3, 0.4) is 0 Å². The van der Waals surface area contributed by atoms with Crippen molar-refractivity contribution in [3.63, 3.8) is 0 Å². The zero-order chi connectivity index (χ0) is 13.5. The van der Waals surface area contributed by atoms with Gasteiger partial charge in [-0.25, -0.2) is 0 Å². The molecule has 2 N–H and O–H groups in total. The molecule has 0 aliphatic heterocycles. The minimum absolute atomic E-state index is 0.247. The number of phenolic OH excluding ortho intramolecular Hbond substituents is 1. The first-order valence-corrected chi connectivity index (χ1v) is 6.76. The van der Waals surface area contributed by atoms with Crippen LogP contribution in [0.15, 0.2) is 54.6 Å². The van der Waals surface area contributed by atoms with E-state index >= 15 is 0 Å². The monoisotopic (exact) mass is 256 g/mol. The van der Waals surface area contributed by atoms with Crippen molar-refractivity contribution in [1.82, 2.24) is 0 Å². The largest absolute Gasteiger partial charge is 0.508 e. The van der Waals surface area contributed by atoms with Crippen LogP contribution in [-0.4, -0.2) is 16.8 Å². The van der Waals surface area contributed by atoms with Crippen LogP contribution in [-0.2, 0) is 0 Å². The highest BCUT2D eigenvalue weighted by molar-refractivity contribution is 5.35. The van der Waals surface area contributed by atoms with Crippen molar-refractivity contribution in [3.8, 4) is 5.75 Å². The lowest BCUT2D eigenvalue weighted by atomic mass is 9.87. The van der Waals surface area contributed by atoms with Crippen LogP contribution in [0.2, 0.25) is 0 Å². The molecule has 0 amide bonds. The van der Waals surface area contributed by atoms with Crippen LogP contribution >= 0.6 is 0 Å². The maximum atomic E-state index is 9.39. The Balaban J connectivity index is 2.21. The number of unbranched alkanes of at least 4 members (excludes halogenated alkanes) is 1. The molecule has 0 radical (unpaired) electrons. The molecule has 1 unspecified atom stereocenters. The lowest BCUT2D eigenvalue weighted by Gasteiger charge is -2.18. The van der Waals surface area contributed by atoms with Gasteiger partial charge in [-0.05, 0) is 36.1 Å². The Bertz CT molecular complexity index is 476. The summed E-state index contributed by atoms with van der Waals surface area (Å²) in [4.78, 5) is 0. The highest BCUT2D eigenvalue weighted by atomic mass is 16.3. The number of aromatic hydroxyl groups is 1. The molecule has 0 fully saturated rings. The molecule has 0 heterocycles. The standard InChI is InChI=1S/C17H20O2/c18-13-5-4-8-17(14-6-2-1-3-7-14)15-9-11-16(19)12-10-15/h1-3,6-7,9-12,17-19H,4-5,8,13H2. The predicted octanol–water partition coefficient (Wildman–Crippen LogP) is 3.69. The predicted molar refractivity (Wildman–Crippen MR) is 77.3 cm³/mol. The molecule has 0 aromatic heterocycles. The van der Waals surface area contributed by atoms with Gasteiger partial charge >= 0.3 is 0 Å². The van der Waals surface area contributed by atoms with Gasteiger partial charge in [-0.1, -0.05) is 48.9 Å². The Morgan fingerprint density at radius 3 is 2.05 bits per heavy atom. The second kappa shape index (κ2) is 6.95. The lowest BCUT2D eigenvalue weighted by molar-refractivity contribution is 0.282. The molecule has 0 bridgehead atoms. The third kappa shape index (κ3) is 3.83. The Hall–Kier alpha value is -1.80. The van der Waals surface area contributed by atoms with E-state index in [0.717, 1.165) is 19.3 Å². The van der Waals surface area contributed by atoms with Gasteiger partial charge in [0, 0.05) is 12.5 Å². The van der Waals surface area contributed by atoms with Gasteiger partial charge in [-0.3, -0.25) is 0 Å². The van der Waals surface area contributed by atoms with Gasteiger partial charge in [0.05, 0.1) is 0 Å². The molecule has 1 atom stereocenters. The summed E-state index contributed by atoms with van der Waals surface area (Å²) in [6, 6.07) is 17.8. The fourth-order valence-corrected chi connectivity index (χ4v) is 2.38. The molecule has 2 rings (SSSR count). The van der Waals surface area contributed by atoms with Crippen molar-refractivity contribution in [2.45, 2.75) is 25.2 Å². The molecular formula is C17H20O2. The van der Waals surface area contributed by atoms with Gasteiger partial charge in [0.2, 0.25) is 0 Å². The third-order valence-electron chi connectivity index (χ3n) is 3.40. The molecule has 0 saturated heterocycles. The lowest BCUT2D eigenvalue weighted by Crippen LogP contribution is -2.01. The smallest absolute Gasteiger partial charge is 0.115 e. The second-order valence-corrected chi connectivity index (χ2v) is 4.77. The summed E-state index contributed by atoms with van der Waals surface area (Å²) in [5.74, 6) is 0.624. The zero-order valence-electron chi connectivity index (χ0n) is 11.0. The van der Waals surface area contributed by atoms with E-state index in [1.165, 1.54) is 11.1 Å². The first-order chi connectivity index (χ1) is 9.31. The first-order valence-electron chi connectivity index (χ1n) is 6.76. The summed E-state index contributed by atoms with van der Waals surface area (Å²) in [5.41, 5.74) is 2.49. The first kappa shape index (κ1) is 13.6. The molecule has 100 valence electrons. The van der Waals surface area contributed by atoms with Crippen molar-refractivity contribution in [1.29, 1.82) is 0 Å². The molecule has 2 aromatic carbocycles. The summed E-state index contributed by atoms with van der Waals surface area (Å²) in [6.07, 6.45) is 2.84. The summed E-state index contributed by atoms with van der Waals surface area (Å²) < 4.78 is 0. The molecule has 2 aromatic rings. The quantitative estimate of drug-likeness (QED) is 0.774. The van der Waals surface area contributed by atoms with Gasteiger partial charge in [0.1, 0.15) is 5.75 Å². The van der Waals surface area contributed by atoms with Gasteiger partial charge in [0.25, 0.3) is 0 Å². The van der Waals surface area contributed by atoms with Crippen LogP contribution in [0.4, 0.5) is 0 Å². The number of benzene rings is 2. The van der Waals surface area contributed by atoms with E-state index in [9.17, 15) is 5.11 Å². The van der Waals surface area contributed by atoms with Gasteiger partial charge in [0.15, 0.2) is 0 Å². The van der Waals surface area contributed by atoms with Crippen molar-refractivity contribution < 1.29 is 10.2 Å². The van der Waals surface area contributed by atoms with Crippen LogP contribution < -0.4 is 0 Å². The van der Waals surface area contributed by atoms with E-state index in [1.807, 2.05) is 18.2 Å². The maximum absolute atomic E-state index is 9.39. The maximum Gasteiger partial charge on any atom is 0.115 e. The minimum atomic E-state index is 0.247. The van der Waals surface area contributed by atoms with Gasteiger partial charge in [-0.15, -0.1) is 0 Å². The van der Waals surface area contributed by atoms with E-state index in [0.29, 0.717) is 11.7 Å².